The van der Waals surface area contributed by atoms with E-state index in [0.29, 0.717) is 6.04 Å². The molecule has 0 aromatic carbocycles. The Kier molecular flexibility index (Phi) is 4.59. The molecule has 1 fully saturated rings. The molecule has 0 spiro atoms. The lowest BCUT2D eigenvalue weighted by Crippen LogP contribution is -2.44. The SMILES string of the molecule is CN(C)C(CCN1CCNCC1)c1ccc[nH]1. The average Bonchev–Trinajstić information content (AvgIpc) is 2.84. The normalized spacial score (nSPS) is 19.7. The summed E-state index contributed by atoms with van der Waals surface area (Å²) < 4.78 is 0. The minimum Gasteiger partial charge on any atom is -0.364 e. The van der Waals surface area contributed by atoms with Crippen LogP contribution in [0.25, 0.3) is 0 Å². The summed E-state index contributed by atoms with van der Waals surface area (Å²) in [5.41, 5.74) is 1.32. The molecule has 96 valence electrons. The number of nitrogens with one attached hydrogen (secondary N) is 2. The third-order valence-electron chi connectivity index (χ3n) is 3.53. The predicted octanol–water partition coefficient (Wildman–Crippen LogP) is 0.913. The fourth-order valence-corrected chi connectivity index (χ4v) is 2.48. The maximum absolute atomic E-state index is 3.39. The van der Waals surface area contributed by atoms with Gasteiger partial charge < -0.3 is 20.1 Å². The Morgan fingerprint density at radius 2 is 2.12 bits per heavy atom. The van der Waals surface area contributed by atoms with Gasteiger partial charge in [-0.05, 0) is 32.6 Å². The number of nitrogens with zero attached hydrogens (tertiary/aromatic N) is 2. The minimum atomic E-state index is 0.500. The van der Waals surface area contributed by atoms with E-state index in [0.717, 1.165) is 13.1 Å². The van der Waals surface area contributed by atoms with E-state index >= 15 is 0 Å². The van der Waals surface area contributed by atoms with Crippen molar-refractivity contribution >= 4 is 0 Å². The van der Waals surface area contributed by atoms with Crippen molar-refractivity contribution in [3.63, 3.8) is 0 Å². The van der Waals surface area contributed by atoms with Gasteiger partial charge in [-0.3, -0.25) is 0 Å². The zero-order valence-corrected chi connectivity index (χ0v) is 10.9. The molecule has 2 N–H and O–H groups in total. The third kappa shape index (κ3) is 3.56. The van der Waals surface area contributed by atoms with Gasteiger partial charge in [-0.1, -0.05) is 0 Å². The van der Waals surface area contributed by atoms with Gasteiger partial charge in [0, 0.05) is 44.6 Å². The highest BCUT2D eigenvalue weighted by molar-refractivity contribution is 5.09. The second-order valence-corrected chi connectivity index (χ2v) is 4.99. The average molecular weight is 236 g/mol. The van der Waals surface area contributed by atoms with Crippen LogP contribution in [0, 0.1) is 0 Å². The van der Waals surface area contributed by atoms with E-state index in [1.54, 1.807) is 0 Å². The summed E-state index contributed by atoms with van der Waals surface area (Å²) in [6, 6.07) is 4.76. The molecule has 1 atom stereocenters. The van der Waals surface area contributed by atoms with Gasteiger partial charge >= 0.3 is 0 Å². The van der Waals surface area contributed by atoms with E-state index in [9.17, 15) is 0 Å². The van der Waals surface area contributed by atoms with Crippen molar-refractivity contribution in [2.75, 3.05) is 46.8 Å². The third-order valence-corrected chi connectivity index (χ3v) is 3.53. The van der Waals surface area contributed by atoms with E-state index in [1.165, 1.54) is 31.7 Å². The zero-order valence-electron chi connectivity index (χ0n) is 10.9. The molecule has 0 aliphatic carbocycles. The summed E-state index contributed by atoms with van der Waals surface area (Å²) in [5, 5.41) is 3.39. The molecule has 1 aromatic heterocycles. The quantitative estimate of drug-likeness (QED) is 0.797. The smallest absolute Gasteiger partial charge is 0.0505 e. The van der Waals surface area contributed by atoms with Gasteiger partial charge in [0.2, 0.25) is 0 Å². The van der Waals surface area contributed by atoms with Crippen LogP contribution < -0.4 is 5.32 Å². The second-order valence-electron chi connectivity index (χ2n) is 4.99. The van der Waals surface area contributed by atoms with Gasteiger partial charge in [0.1, 0.15) is 0 Å². The van der Waals surface area contributed by atoms with Crippen LogP contribution in [0.5, 0.6) is 0 Å². The first kappa shape index (κ1) is 12.6. The fourth-order valence-electron chi connectivity index (χ4n) is 2.48. The number of aromatic nitrogens is 1. The van der Waals surface area contributed by atoms with Gasteiger partial charge in [0.05, 0.1) is 6.04 Å². The molecule has 17 heavy (non-hydrogen) atoms. The standard InChI is InChI=1S/C13H24N4/c1-16(2)13(12-4-3-6-15-12)5-9-17-10-7-14-8-11-17/h3-4,6,13-15H,5,7-11H2,1-2H3. The van der Waals surface area contributed by atoms with Crippen LogP contribution in [0.15, 0.2) is 18.3 Å². The van der Waals surface area contributed by atoms with Crippen LogP contribution in [0.2, 0.25) is 0 Å². The highest BCUT2D eigenvalue weighted by Crippen LogP contribution is 2.20. The Balaban J connectivity index is 1.85. The molecular formula is C13H24N4. The van der Waals surface area contributed by atoms with Crippen LogP contribution in [0.3, 0.4) is 0 Å². The molecule has 0 bridgehead atoms. The molecule has 2 heterocycles. The van der Waals surface area contributed by atoms with Gasteiger partial charge in [-0.2, -0.15) is 0 Å². The van der Waals surface area contributed by atoms with Crippen molar-refractivity contribution in [3.05, 3.63) is 24.0 Å². The first-order valence-electron chi connectivity index (χ1n) is 6.50. The number of aromatic amines is 1. The Labute approximate surface area is 104 Å². The molecule has 0 radical (unpaired) electrons. The molecule has 4 heteroatoms. The van der Waals surface area contributed by atoms with Crippen molar-refractivity contribution in [1.82, 2.24) is 20.1 Å². The van der Waals surface area contributed by atoms with Gasteiger partial charge in [0.25, 0.3) is 0 Å². The lowest BCUT2D eigenvalue weighted by molar-refractivity contribution is 0.197. The summed E-state index contributed by atoms with van der Waals surface area (Å²) in [7, 11) is 4.31. The van der Waals surface area contributed by atoms with E-state index in [2.05, 4.69) is 46.3 Å². The van der Waals surface area contributed by atoms with Crippen LogP contribution in [0.1, 0.15) is 18.2 Å². The van der Waals surface area contributed by atoms with Crippen LogP contribution in [0.4, 0.5) is 0 Å². The first-order valence-corrected chi connectivity index (χ1v) is 6.50. The molecule has 1 aliphatic rings. The molecule has 1 saturated heterocycles. The largest absolute Gasteiger partial charge is 0.364 e. The van der Waals surface area contributed by atoms with E-state index < -0.39 is 0 Å². The van der Waals surface area contributed by atoms with E-state index in [1.807, 2.05) is 6.20 Å². The van der Waals surface area contributed by atoms with Crippen molar-refractivity contribution in [2.45, 2.75) is 12.5 Å². The minimum absolute atomic E-state index is 0.500. The number of piperazine rings is 1. The zero-order chi connectivity index (χ0) is 12.1. The predicted molar refractivity (Wildman–Crippen MR) is 71.1 cm³/mol. The molecule has 0 amide bonds. The summed E-state index contributed by atoms with van der Waals surface area (Å²) in [5.74, 6) is 0. The maximum Gasteiger partial charge on any atom is 0.0505 e. The molecule has 1 aromatic rings. The van der Waals surface area contributed by atoms with Crippen molar-refractivity contribution in [3.8, 4) is 0 Å². The first-order chi connectivity index (χ1) is 8.27. The van der Waals surface area contributed by atoms with Crippen molar-refractivity contribution in [2.24, 2.45) is 0 Å². The van der Waals surface area contributed by atoms with Crippen LogP contribution in [-0.2, 0) is 0 Å². The Bertz CT molecular complexity index is 301. The van der Waals surface area contributed by atoms with Crippen LogP contribution >= 0.6 is 0 Å². The van der Waals surface area contributed by atoms with Gasteiger partial charge in [-0.15, -0.1) is 0 Å². The van der Waals surface area contributed by atoms with E-state index in [-0.39, 0.29) is 0 Å². The molecule has 2 rings (SSSR count). The molecule has 0 saturated carbocycles. The van der Waals surface area contributed by atoms with Gasteiger partial charge in [-0.25, -0.2) is 0 Å². The Morgan fingerprint density at radius 3 is 2.71 bits per heavy atom. The number of hydrogen-bond donors (Lipinski definition) is 2. The maximum atomic E-state index is 3.39. The lowest BCUT2D eigenvalue weighted by atomic mass is 10.1. The molecule has 1 aliphatic heterocycles. The monoisotopic (exact) mass is 236 g/mol. The highest BCUT2D eigenvalue weighted by Gasteiger charge is 2.17. The molecule has 1 unspecified atom stereocenters. The topological polar surface area (TPSA) is 34.3 Å². The van der Waals surface area contributed by atoms with Crippen molar-refractivity contribution in [1.29, 1.82) is 0 Å². The van der Waals surface area contributed by atoms with Crippen LogP contribution in [-0.4, -0.2) is 61.6 Å². The van der Waals surface area contributed by atoms with Gasteiger partial charge in [0.15, 0.2) is 0 Å². The lowest BCUT2D eigenvalue weighted by Gasteiger charge is -2.30. The Hall–Kier alpha value is -0.840. The highest BCUT2D eigenvalue weighted by atomic mass is 15.2. The Morgan fingerprint density at radius 1 is 1.35 bits per heavy atom. The van der Waals surface area contributed by atoms with E-state index in [4.69, 9.17) is 0 Å². The number of H-pyrrole nitrogens is 1. The number of rotatable bonds is 5. The summed E-state index contributed by atoms with van der Waals surface area (Å²) in [6.07, 6.45) is 3.20. The second kappa shape index (κ2) is 6.19. The summed E-state index contributed by atoms with van der Waals surface area (Å²) >= 11 is 0. The molecular weight excluding hydrogens is 212 g/mol. The van der Waals surface area contributed by atoms with Crippen molar-refractivity contribution < 1.29 is 0 Å². The summed E-state index contributed by atoms with van der Waals surface area (Å²) in [6.45, 7) is 5.82. The molecule has 4 nitrogen and oxygen atoms in total. The summed E-state index contributed by atoms with van der Waals surface area (Å²) in [4.78, 5) is 8.18. The number of hydrogen-bond acceptors (Lipinski definition) is 3. The fraction of sp³-hybridized carbons (Fsp3) is 0.692.